The van der Waals surface area contributed by atoms with E-state index in [1.54, 1.807) is 6.20 Å². The highest BCUT2D eigenvalue weighted by Gasteiger charge is 2.31. The summed E-state index contributed by atoms with van der Waals surface area (Å²) in [6.45, 7) is 3.79. The molecule has 0 saturated heterocycles. The molecule has 0 radical (unpaired) electrons. The number of hydrogen-bond donors (Lipinski definition) is 2. The first-order valence-electron chi connectivity index (χ1n) is 5.90. The van der Waals surface area contributed by atoms with Crippen LogP contribution in [-0.2, 0) is 13.5 Å². The monoisotopic (exact) mass is 226 g/mol. The highest BCUT2D eigenvalue weighted by Crippen LogP contribution is 2.22. The molecule has 0 fully saturated rings. The van der Waals surface area contributed by atoms with Crippen LogP contribution in [0.3, 0.4) is 0 Å². The fourth-order valence-corrected chi connectivity index (χ4v) is 1.89. The van der Waals surface area contributed by atoms with Gasteiger partial charge in [-0.05, 0) is 19.3 Å². The fourth-order valence-electron chi connectivity index (χ4n) is 1.89. The lowest BCUT2D eigenvalue weighted by atomic mass is 9.88. The highest BCUT2D eigenvalue weighted by molar-refractivity contribution is 4.93. The second-order valence-electron chi connectivity index (χ2n) is 4.32. The molecule has 1 atom stereocenters. The van der Waals surface area contributed by atoms with Crippen molar-refractivity contribution in [2.75, 3.05) is 0 Å². The van der Waals surface area contributed by atoms with E-state index in [4.69, 9.17) is 0 Å². The van der Waals surface area contributed by atoms with E-state index in [1.165, 1.54) is 0 Å². The Morgan fingerprint density at radius 3 is 2.50 bits per heavy atom. The Labute approximate surface area is 96.9 Å². The Bertz CT molecular complexity index is 319. The molecule has 0 aliphatic carbocycles. The van der Waals surface area contributed by atoms with Crippen molar-refractivity contribution in [3.63, 3.8) is 0 Å². The van der Waals surface area contributed by atoms with Crippen LogP contribution in [0.1, 0.15) is 38.9 Å². The van der Waals surface area contributed by atoms with E-state index in [-0.39, 0.29) is 0 Å². The number of imidazole rings is 1. The average molecular weight is 226 g/mol. The van der Waals surface area contributed by atoms with E-state index >= 15 is 0 Å². The minimum absolute atomic E-state index is 0.545. The second kappa shape index (κ2) is 5.46. The molecule has 1 unspecified atom stereocenters. The molecular weight excluding hydrogens is 204 g/mol. The van der Waals surface area contributed by atoms with Crippen molar-refractivity contribution >= 4 is 0 Å². The van der Waals surface area contributed by atoms with Gasteiger partial charge in [-0.3, -0.25) is 0 Å². The van der Waals surface area contributed by atoms with Crippen molar-refractivity contribution in [3.8, 4) is 0 Å². The lowest BCUT2D eigenvalue weighted by molar-refractivity contribution is -0.0827. The van der Waals surface area contributed by atoms with Crippen LogP contribution >= 0.6 is 0 Å². The minimum Gasteiger partial charge on any atom is -0.390 e. The van der Waals surface area contributed by atoms with Crippen molar-refractivity contribution in [3.05, 3.63) is 18.2 Å². The van der Waals surface area contributed by atoms with Gasteiger partial charge in [0, 0.05) is 25.9 Å². The third kappa shape index (κ3) is 2.83. The second-order valence-corrected chi connectivity index (χ2v) is 4.32. The number of aliphatic hydroxyl groups is 2. The fraction of sp³-hybridized carbons (Fsp3) is 0.750. The number of rotatable bonds is 6. The molecule has 0 bridgehead atoms. The van der Waals surface area contributed by atoms with Gasteiger partial charge < -0.3 is 14.8 Å². The van der Waals surface area contributed by atoms with Crippen LogP contribution in [0.25, 0.3) is 0 Å². The molecule has 0 spiro atoms. The van der Waals surface area contributed by atoms with Crippen LogP contribution < -0.4 is 0 Å². The van der Waals surface area contributed by atoms with E-state index in [9.17, 15) is 10.2 Å². The zero-order chi connectivity index (χ0) is 12.2. The third-order valence-corrected chi connectivity index (χ3v) is 3.41. The lowest BCUT2D eigenvalue weighted by Crippen LogP contribution is -2.41. The molecule has 0 aliphatic heterocycles. The highest BCUT2D eigenvalue weighted by atomic mass is 16.3. The number of aromatic nitrogens is 2. The van der Waals surface area contributed by atoms with E-state index in [0.29, 0.717) is 25.7 Å². The van der Waals surface area contributed by atoms with Gasteiger partial charge in [-0.15, -0.1) is 0 Å². The molecule has 1 heterocycles. The summed E-state index contributed by atoms with van der Waals surface area (Å²) < 4.78 is 1.93. The lowest BCUT2D eigenvalue weighted by Gasteiger charge is -2.30. The summed E-state index contributed by atoms with van der Waals surface area (Å²) in [5.74, 6) is 0.939. The van der Waals surface area contributed by atoms with Crippen LogP contribution in [0, 0.1) is 0 Å². The molecule has 0 amide bonds. The first-order chi connectivity index (χ1) is 7.53. The molecule has 16 heavy (non-hydrogen) atoms. The molecule has 2 N–H and O–H groups in total. The summed E-state index contributed by atoms with van der Waals surface area (Å²) in [6, 6.07) is 0. The molecule has 0 aliphatic rings. The predicted molar refractivity (Wildman–Crippen MR) is 63.1 cm³/mol. The SMILES string of the molecule is CCC(O)(CC)C(O)CCc1nccn1C. The molecule has 1 rings (SSSR count). The zero-order valence-corrected chi connectivity index (χ0v) is 10.3. The number of hydrogen-bond acceptors (Lipinski definition) is 3. The maximum atomic E-state index is 10.1. The van der Waals surface area contributed by atoms with E-state index in [0.717, 1.165) is 5.82 Å². The third-order valence-electron chi connectivity index (χ3n) is 3.41. The molecule has 4 heteroatoms. The van der Waals surface area contributed by atoms with Gasteiger partial charge in [0.2, 0.25) is 0 Å². The predicted octanol–water partition coefficient (Wildman–Crippen LogP) is 1.26. The van der Waals surface area contributed by atoms with Gasteiger partial charge in [-0.25, -0.2) is 4.98 Å². The summed E-state index contributed by atoms with van der Waals surface area (Å²) in [4.78, 5) is 4.19. The van der Waals surface area contributed by atoms with Gasteiger partial charge in [0.15, 0.2) is 0 Å². The Hall–Kier alpha value is -0.870. The Morgan fingerprint density at radius 1 is 1.44 bits per heavy atom. The van der Waals surface area contributed by atoms with Crippen LogP contribution in [0.2, 0.25) is 0 Å². The maximum absolute atomic E-state index is 10.1. The van der Waals surface area contributed by atoms with Gasteiger partial charge in [0.25, 0.3) is 0 Å². The topological polar surface area (TPSA) is 58.3 Å². The van der Waals surface area contributed by atoms with Gasteiger partial charge in [-0.2, -0.15) is 0 Å². The standard InChI is InChI=1S/C12H22N2O2/c1-4-12(16,5-2)10(15)6-7-11-13-8-9-14(11)3/h8-10,15-16H,4-7H2,1-3H3. The van der Waals surface area contributed by atoms with Crippen molar-refractivity contribution in [1.82, 2.24) is 9.55 Å². The summed E-state index contributed by atoms with van der Waals surface area (Å²) in [5, 5.41) is 20.1. The van der Waals surface area contributed by atoms with Crippen molar-refractivity contribution in [2.45, 2.75) is 51.2 Å². The van der Waals surface area contributed by atoms with Crippen LogP contribution in [0.4, 0.5) is 0 Å². The van der Waals surface area contributed by atoms with Gasteiger partial charge in [0.05, 0.1) is 11.7 Å². The van der Waals surface area contributed by atoms with Crippen LogP contribution in [0.5, 0.6) is 0 Å². The molecule has 92 valence electrons. The molecule has 0 aromatic carbocycles. The van der Waals surface area contributed by atoms with E-state index in [2.05, 4.69) is 4.98 Å². The summed E-state index contributed by atoms with van der Waals surface area (Å²) in [6.07, 6.45) is 5.33. The normalized spacial score (nSPS) is 14.1. The van der Waals surface area contributed by atoms with Gasteiger partial charge in [-0.1, -0.05) is 13.8 Å². The minimum atomic E-state index is -0.953. The molecule has 4 nitrogen and oxygen atoms in total. The van der Waals surface area contributed by atoms with Gasteiger partial charge >= 0.3 is 0 Å². The van der Waals surface area contributed by atoms with Crippen molar-refractivity contribution in [2.24, 2.45) is 7.05 Å². The maximum Gasteiger partial charge on any atom is 0.108 e. The Morgan fingerprint density at radius 2 is 2.06 bits per heavy atom. The zero-order valence-electron chi connectivity index (χ0n) is 10.3. The molecule has 1 aromatic heterocycles. The first kappa shape index (κ1) is 13.2. The quantitative estimate of drug-likeness (QED) is 0.768. The number of nitrogens with zero attached hydrogens (tertiary/aromatic N) is 2. The Kier molecular flexibility index (Phi) is 4.50. The average Bonchev–Trinajstić information content (AvgIpc) is 2.70. The summed E-state index contributed by atoms with van der Waals surface area (Å²) in [7, 11) is 1.93. The van der Waals surface area contributed by atoms with Crippen molar-refractivity contribution in [1.29, 1.82) is 0 Å². The molecular formula is C12H22N2O2. The largest absolute Gasteiger partial charge is 0.390 e. The smallest absolute Gasteiger partial charge is 0.108 e. The van der Waals surface area contributed by atoms with Crippen LogP contribution in [-0.4, -0.2) is 31.5 Å². The van der Waals surface area contributed by atoms with Crippen molar-refractivity contribution < 1.29 is 10.2 Å². The number of aliphatic hydroxyl groups excluding tert-OH is 1. The van der Waals surface area contributed by atoms with Gasteiger partial charge in [0.1, 0.15) is 5.82 Å². The molecule has 1 aromatic rings. The Balaban J connectivity index is 2.52. The first-order valence-corrected chi connectivity index (χ1v) is 5.90. The summed E-state index contributed by atoms with van der Waals surface area (Å²) >= 11 is 0. The molecule has 0 saturated carbocycles. The van der Waals surface area contributed by atoms with E-state index < -0.39 is 11.7 Å². The summed E-state index contributed by atoms with van der Waals surface area (Å²) in [5.41, 5.74) is -0.953. The number of aryl methyl sites for hydroxylation is 2. The van der Waals surface area contributed by atoms with Crippen LogP contribution in [0.15, 0.2) is 12.4 Å². The van der Waals surface area contributed by atoms with E-state index in [1.807, 2.05) is 31.7 Å².